The van der Waals surface area contributed by atoms with Crippen LogP contribution in [0.5, 0.6) is 0 Å². The van der Waals surface area contributed by atoms with Crippen molar-refractivity contribution < 1.29 is 0 Å². The van der Waals surface area contributed by atoms with Gasteiger partial charge in [0.15, 0.2) is 0 Å². The summed E-state index contributed by atoms with van der Waals surface area (Å²) < 4.78 is 5.28. The fourth-order valence-corrected chi connectivity index (χ4v) is 5.11. The minimum Gasteiger partial charge on any atom is -0.344 e. The van der Waals surface area contributed by atoms with Crippen LogP contribution >= 0.6 is 0 Å². The molecular formula is C28H24N6O. The van der Waals surface area contributed by atoms with Gasteiger partial charge in [-0.1, -0.05) is 24.3 Å². The van der Waals surface area contributed by atoms with Crippen molar-refractivity contribution in [3.05, 3.63) is 76.3 Å². The van der Waals surface area contributed by atoms with Crippen molar-refractivity contribution in [1.82, 2.24) is 24.1 Å². The Morgan fingerprint density at radius 1 is 1.03 bits per heavy atom. The van der Waals surface area contributed by atoms with Crippen LogP contribution in [-0.4, -0.2) is 24.1 Å². The molecule has 2 aliphatic carbocycles. The lowest BCUT2D eigenvalue weighted by Gasteiger charge is -2.13. The largest absolute Gasteiger partial charge is 0.344 e. The Morgan fingerprint density at radius 2 is 1.83 bits per heavy atom. The van der Waals surface area contributed by atoms with E-state index in [1.54, 1.807) is 4.68 Å². The Bertz CT molecular complexity index is 1720. The third kappa shape index (κ3) is 3.36. The van der Waals surface area contributed by atoms with Crippen molar-refractivity contribution in [1.29, 1.82) is 5.26 Å². The smallest absolute Gasteiger partial charge is 0.281 e. The molecule has 7 nitrogen and oxygen atoms in total. The minimum absolute atomic E-state index is 0.181. The highest BCUT2D eigenvalue weighted by molar-refractivity contribution is 5.95. The third-order valence-electron chi connectivity index (χ3n) is 7.26. The molecule has 2 aliphatic rings. The maximum atomic E-state index is 14.1. The van der Waals surface area contributed by atoms with Crippen molar-refractivity contribution >= 4 is 21.9 Å². The summed E-state index contributed by atoms with van der Waals surface area (Å²) in [4.78, 5) is 14.1. The monoisotopic (exact) mass is 460 g/mol. The molecule has 0 saturated heterocycles. The Kier molecular flexibility index (Phi) is 4.28. The summed E-state index contributed by atoms with van der Waals surface area (Å²) in [6.45, 7) is 0.804. The fraction of sp³-hybridized carbons (Fsp3) is 0.286. The summed E-state index contributed by atoms with van der Waals surface area (Å²) in [5, 5.41) is 20.1. The maximum absolute atomic E-state index is 14.1. The number of fused-ring (bicyclic) bond motifs is 2. The quantitative estimate of drug-likeness (QED) is 0.374. The standard InChI is InChI=1S/C28H24N6O/c1-32-15-21-12-23(10-11-24(21)30-32)34-28(35)25(20-8-6-19(7-9-20)18-4-5-18)27-26(31-34)22(13-29)16-33(27)14-17-2-3-17/h6-12,15-18H,2-5,14H2,1H3. The number of rotatable bonds is 5. The molecule has 35 heavy (non-hydrogen) atoms. The second-order valence-corrected chi connectivity index (χ2v) is 9.98. The van der Waals surface area contributed by atoms with Crippen molar-refractivity contribution in [3.8, 4) is 22.9 Å². The summed E-state index contributed by atoms with van der Waals surface area (Å²) >= 11 is 0. The van der Waals surface area contributed by atoms with E-state index in [2.05, 4.69) is 40.0 Å². The predicted octanol–water partition coefficient (Wildman–Crippen LogP) is 4.90. The number of aromatic nitrogens is 5. The van der Waals surface area contributed by atoms with Crippen molar-refractivity contribution in [2.75, 3.05) is 0 Å². The number of nitriles is 1. The van der Waals surface area contributed by atoms with Gasteiger partial charge in [0.1, 0.15) is 11.6 Å². The van der Waals surface area contributed by atoms with E-state index in [9.17, 15) is 10.1 Å². The van der Waals surface area contributed by atoms with Crippen LogP contribution in [0.3, 0.4) is 0 Å². The van der Waals surface area contributed by atoms with Crippen molar-refractivity contribution in [2.24, 2.45) is 13.0 Å². The van der Waals surface area contributed by atoms with Gasteiger partial charge < -0.3 is 4.57 Å². The molecule has 0 bridgehead atoms. The molecule has 5 aromatic rings. The van der Waals surface area contributed by atoms with E-state index in [0.29, 0.717) is 34.2 Å². The van der Waals surface area contributed by atoms with Crippen molar-refractivity contribution in [2.45, 2.75) is 38.1 Å². The topological polar surface area (TPSA) is 81.4 Å². The molecule has 0 N–H and O–H groups in total. The molecule has 7 heteroatoms. The summed E-state index contributed by atoms with van der Waals surface area (Å²) in [5.74, 6) is 1.24. The highest BCUT2D eigenvalue weighted by atomic mass is 16.1. The lowest BCUT2D eigenvalue weighted by molar-refractivity contribution is 0.646. The molecule has 0 amide bonds. The zero-order chi connectivity index (χ0) is 23.7. The third-order valence-corrected chi connectivity index (χ3v) is 7.26. The lowest BCUT2D eigenvalue weighted by atomic mass is 10.0. The van der Waals surface area contributed by atoms with E-state index in [0.717, 1.165) is 28.5 Å². The van der Waals surface area contributed by atoms with Gasteiger partial charge in [0.2, 0.25) is 0 Å². The summed E-state index contributed by atoms with van der Waals surface area (Å²) in [6, 6.07) is 16.4. The van der Waals surface area contributed by atoms with Crippen LogP contribution < -0.4 is 5.56 Å². The van der Waals surface area contributed by atoms with Crippen LogP contribution in [0.15, 0.2) is 59.7 Å². The number of hydrogen-bond donors (Lipinski definition) is 0. The van der Waals surface area contributed by atoms with E-state index in [1.165, 1.54) is 35.9 Å². The van der Waals surface area contributed by atoms with Gasteiger partial charge in [-0.25, -0.2) is 0 Å². The van der Waals surface area contributed by atoms with Crippen molar-refractivity contribution in [3.63, 3.8) is 0 Å². The van der Waals surface area contributed by atoms with Gasteiger partial charge in [0, 0.05) is 31.4 Å². The summed E-state index contributed by atoms with van der Waals surface area (Å²) in [5.41, 5.74) is 5.95. The Labute approximate surface area is 201 Å². The first-order chi connectivity index (χ1) is 17.1. The maximum Gasteiger partial charge on any atom is 0.281 e. The van der Waals surface area contributed by atoms with E-state index >= 15 is 0 Å². The zero-order valence-electron chi connectivity index (χ0n) is 19.5. The summed E-state index contributed by atoms with van der Waals surface area (Å²) in [6.07, 6.45) is 8.63. The molecule has 0 unspecified atom stereocenters. The van der Waals surface area contributed by atoms with Gasteiger partial charge in [-0.05, 0) is 66.8 Å². The summed E-state index contributed by atoms with van der Waals surface area (Å²) in [7, 11) is 1.88. The first-order valence-corrected chi connectivity index (χ1v) is 12.2. The fourth-order valence-electron chi connectivity index (χ4n) is 5.11. The molecule has 0 spiro atoms. The van der Waals surface area contributed by atoms with Gasteiger partial charge in [-0.15, -0.1) is 0 Å². The lowest BCUT2D eigenvalue weighted by Crippen LogP contribution is -2.24. The van der Waals surface area contributed by atoms with Gasteiger partial charge >= 0.3 is 0 Å². The van der Waals surface area contributed by atoms with E-state index in [1.807, 2.05) is 37.6 Å². The second-order valence-electron chi connectivity index (χ2n) is 9.98. The van der Waals surface area contributed by atoms with Crippen LogP contribution in [0.1, 0.15) is 42.7 Å². The molecule has 2 fully saturated rings. The highest BCUT2D eigenvalue weighted by Crippen LogP contribution is 2.41. The van der Waals surface area contributed by atoms with Gasteiger partial charge in [0.25, 0.3) is 5.56 Å². The van der Waals surface area contributed by atoms with Gasteiger partial charge in [-0.2, -0.15) is 20.1 Å². The zero-order valence-corrected chi connectivity index (χ0v) is 19.5. The highest BCUT2D eigenvalue weighted by Gasteiger charge is 2.27. The van der Waals surface area contributed by atoms with Crippen LogP contribution in [0.2, 0.25) is 0 Å². The van der Waals surface area contributed by atoms with Crippen LogP contribution in [0.25, 0.3) is 38.8 Å². The molecule has 0 atom stereocenters. The Morgan fingerprint density at radius 3 is 2.54 bits per heavy atom. The number of benzene rings is 2. The second kappa shape index (κ2) is 7.41. The first-order valence-electron chi connectivity index (χ1n) is 12.2. The first kappa shape index (κ1) is 20.2. The average Bonchev–Trinajstić information content (AvgIpc) is 3.79. The molecule has 3 heterocycles. The molecule has 172 valence electrons. The minimum atomic E-state index is -0.181. The molecule has 2 aromatic carbocycles. The predicted molar refractivity (Wildman–Crippen MR) is 134 cm³/mol. The van der Waals surface area contributed by atoms with E-state index in [-0.39, 0.29) is 5.56 Å². The van der Waals surface area contributed by atoms with Crippen LogP contribution in [0, 0.1) is 17.2 Å². The Hall–Kier alpha value is -4.18. The van der Waals surface area contributed by atoms with Crippen LogP contribution in [-0.2, 0) is 13.6 Å². The van der Waals surface area contributed by atoms with Gasteiger partial charge in [0.05, 0.1) is 27.8 Å². The van der Waals surface area contributed by atoms with E-state index in [4.69, 9.17) is 5.10 Å². The molecule has 2 saturated carbocycles. The molecule has 3 aromatic heterocycles. The average molecular weight is 461 g/mol. The van der Waals surface area contributed by atoms with Gasteiger partial charge in [-0.3, -0.25) is 9.48 Å². The molecule has 0 radical (unpaired) electrons. The number of aryl methyl sites for hydroxylation is 1. The molecule has 7 rings (SSSR count). The Balaban J connectivity index is 1.50. The number of hydrogen-bond acceptors (Lipinski definition) is 4. The van der Waals surface area contributed by atoms with Crippen LogP contribution in [0.4, 0.5) is 0 Å². The SMILES string of the molecule is Cn1cc2cc(-n3nc4c(C#N)cn(CC5CC5)c4c(-c4ccc(C5CC5)cc4)c3=O)ccc2n1. The number of nitrogens with zero attached hydrogens (tertiary/aromatic N) is 6. The molecule has 0 aliphatic heterocycles. The normalized spacial score (nSPS) is 15.7. The molecular weight excluding hydrogens is 436 g/mol. The van der Waals surface area contributed by atoms with E-state index < -0.39 is 0 Å².